The molecule has 0 bridgehead atoms. The van der Waals surface area contributed by atoms with Gasteiger partial charge in [-0.1, -0.05) is 51.9 Å². The van der Waals surface area contributed by atoms with E-state index in [0.29, 0.717) is 13.2 Å². The number of aliphatic carboxylic acids is 1. The molecule has 0 fully saturated rings. The van der Waals surface area contributed by atoms with Crippen LogP contribution in [0.3, 0.4) is 0 Å². The van der Waals surface area contributed by atoms with Crippen LogP contribution in [0.4, 0.5) is 0 Å². The normalized spacial score (nSPS) is 10.8. The number of carbonyl (C=O) groups is 1. The molecule has 0 atom stereocenters. The maximum absolute atomic E-state index is 10.2. The third-order valence-electron chi connectivity index (χ3n) is 2.97. The van der Waals surface area contributed by atoms with Gasteiger partial charge in [0.2, 0.25) is 0 Å². The molecule has 4 heteroatoms. The summed E-state index contributed by atoms with van der Waals surface area (Å²) in [6.07, 6.45) is 10.5. The van der Waals surface area contributed by atoms with Crippen LogP contribution in [0.2, 0.25) is 0 Å². The predicted octanol–water partition coefficient (Wildman–Crippen LogP) is 3.64. The fraction of sp³-hybridized carbons (Fsp3) is 0.933. The number of ether oxygens (including phenoxy) is 2. The van der Waals surface area contributed by atoms with Gasteiger partial charge in [0, 0.05) is 6.61 Å². The van der Waals surface area contributed by atoms with Crippen LogP contribution in [-0.2, 0) is 14.3 Å². The highest BCUT2D eigenvalue weighted by atomic mass is 16.5. The highest BCUT2D eigenvalue weighted by Crippen LogP contribution is 2.08. The number of unbranched alkanes of at least 4 members (excludes halogenated alkanes) is 7. The van der Waals surface area contributed by atoms with Crippen molar-refractivity contribution in [2.24, 2.45) is 0 Å². The molecule has 0 aromatic heterocycles. The lowest BCUT2D eigenvalue weighted by atomic mass is 10.1. The molecule has 0 saturated carbocycles. The second kappa shape index (κ2) is 15.4. The first kappa shape index (κ1) is 18.4. The largest absolute Gasteiger partial charge is 0.481 e. The summed E-state index contributed by atoms with van der Waals surface area (Å²) in [7, 11) is 0. The van der Waals surface area contributed by atoms with Gasteiger partial charge in [-0.3, -0.25) is 4.79 Å². The van der Waals surface area contributed by atoms with Gasteiger partial charge in [-0.15, -0.1) is 0 Å². The van der Waals surface area contributed by atoms with Crippen LogP contribution in [0.5, 0.6) is 0 Å². The SMILES string of the molecule is CCCCCCCCCCOCCOCCC(=O)O. The lowest BCUT2D eigenvalue weighted by Crippen LogP contribution is -2.08. The first-order chi connectivity index (χ1) is 9.27. The minimum Gasteiger partial charge on any atom is -0.481 e. The van der Waals surface area contributed by atoms with E-state index in [1.165, 1.54) is 44.9 Å². The van der Waals surface area contributed by atoms with Crippen molar-refractivity contribution in [1.82, 2.24) is 0 Å². The molecule has 0 aliphatic heterocycles. The zero-order valence-electron chi connectivity index (χ0n) is 12.4. The zero-order chi connectivity index (χ0) is 14.2. The van der Waals surface area contributed by atoms with Gasteiger partial charge in [-0.25, -0.2) is 0 Å². The average molecular weight is 274 g/mol. The minimum atomic E-state index is -0.820. The third kappa shape index (κ3) is 17.4. The predicted molar refractivity (Wildman–Crippen MR) is 76.5 cm³/mol. The van der Waals surface area contributed by atoms with Crippen molar-refractivity contribution in [2.75, 3.05) is 26.4 Å². The van der Waals surface area contributed by atoms with E-state index in [4.69, 9.17) is 14.6 Å². The van der Waals surface area contributed by atoms with E-state index < -0.39 is 5.97 Å². The van der Waals surface area contributed by atoms with Crippen molar-refractivity contribution in [3.63, 3.8) is 0 Å². The molecule has 0 aliphatic rings. The summed E-state index contributed by atoms with van der Waals surface area (Å²) in [4.78, 5) is 10.2. The van der Waals surface area contributed by atoms with Crippen LogP contribution in [0, 0.1) is 0 Å². The van der Waals surface area contributed by atoms with Gasteiger partial charge in [0.25, 0.3) is 0 Å². The van der Waals surface area contributed by atoms with Crippen molar-refractivity contribution < 1.29 is 19.4 Å². The Labute approximate surface area is 117 Å². The number of carboxylic acid groups (broad SMARTS) is 1. The van der Waals surface area contributed by atoms with Crippen LogP contribution < -0.4 is 0 Å². The summed E-state index contributed by atoms with van der Waals surface area (Å²) in [5.74, 6) is -0.820. The fourth-order valence-electron chi connectivity index (χ4n) is 1.82. The van der Waals surface area contributed by atoms with E-state index in [1.807, 2.05) is 0 Å². The molecule has 0 aromatic carbocycles. The van der Waals surface area contributed by atoms with Gasteiger partial charge in [-0.05, 0) is 6.42 Å². The van der Waals surface area contributed by atoms with E-state index in [0.717, 1.165) is 13.0 Å². The van der Waals surface area contributed by atoms with Gasteiger partial charge in [-0.2, -0.15) is 0 Å². The molecule has 0 heterocycles. The third-order valence-corrected chi connectivity index (χ3v) is 2.97. The molecular weight excluding hydrogens is 244 g/mol. The Hall–Kier alpha value is -0.610. The summed E-state index contributed by atoms with van der Waals surface area (Å²) in [5, 5.41) is 8.39. The van der Waals surface area contributed by atoms with Crippen molar-refractivity contribution >= 4 is 5.97 Å². The second-order valence-corrected chi connectivity index (χ2v) is 4.84. The molecule has 0 aromatic rings. The summed E-state index contributed by atoms with van der Waals surface area (Å²) < 4.78 is 10.5. The number of rotatable bonds is 15. The molecule has 0 rings (SSSR count). The van der Waals surface area contributed by atoms with Crippen LogP contribution >= 0.6 is 0 Å². The maximum atomic E-state index is 10.2. The Balaban J connectivity index is 2.93. The monoisotopic (exact) mass is 274 g/mol. The topological polar surface area (TPSA) is 55.8 Å². The van der Waals surface area contributed by atoms with Gasteiger partial charge in [0.05, 0.1) is 26.2 Å². The Bertz CT molecular complexity index is 195. The number of hydrogen-bond donors (Lipinski definition) is 1. The maximum Gasteiger partial charge on any atom is 0.305 e. The first-order valence-corrected chi connectivity index (χ1v) is 7.64. The summed E-state index contributed by atoms with van der Waals surface area (Å²) >= 11 is 0. The molecule has 19 heavy (non-hydrogen) atoms. The van der Waals surface area contributed by atoms with Crippen LogP contribution in [-0.4, -0.2) is 37.5 Å². The minimum absolute atomic E-state index is 0.0675. The van der Waals surface area contributed by atoms with Crippen LogP contribution in [0.1, 0.15) is 64.7 Å². The summed E-state index contributed by atoms with van der Waals surface area (Å²) in [5.41, 5.74) is 0. The van der Waals surface area contributed by atoms with Gasteiger partial charge in [0.1, 0.15) is 0 Å². The lowest BCUT2D eigenvalue weighted by molar-refractivity contribution is -0.138. The molecule has 0 spiro atoms. The van der Waals surface area contributed by atoms with Crippen molar-refractivity contribution in [3.05, 3.63) is 0 Å². The van der Waals surface area contributed by atoms with Crippen molar-refractivity contribution in [2.45, 2.75) is 64.7 Å². The Morgan fingerprint density at radius 1 is 0.789 bits per heavy atom. The zero-order valence-corrected chi connectivity index (χ0v) is 12.4. The molecule has 0 aliphatic carbocycles. The quantitative estimate of drug-likeness (QED) is 0.463. The van der Waals surface area contributed by atoms with Crippen molar-refractivity contribution in [3.8, 4) is 0 Å². The molecule has 0 saturated heterocycles. The average Bonchev–Trinajstić information content (AvgIpc) is 2.39. The smallest absolute Gasteiger partial charge is 0.305 e. The Kier molecular flexibility index (Phi) is 15.0. The van der Waals surface area contributed by atoms with Gasteiger partial charge >= 0.3 is 5.97 Å². The molecule has 0 radical (unpaired) electrons. The highest BCUT2D eigenvalue weighted by Gasteiger charge is 1.96. The fourth-order valence-corrected chi connectivity index (χ4v) is 1.82. The number of carboxylic acids is 1. The van der Waals surface area contributed by atoms with E-state index in [9.17, 15) is 4.79 Å². The standard InChI is InChI=1S/C15H30O4/c1-2-3-4-5-6-7-8-9-11-18-13-14-19-12-10-15(16)17/h2-14H2,1H3,(H,16,17). The Morgan fingerprint density at radius 3 is 1.89 bits per heavy atom. The summed E-state index contributed by atoms with van der Waals surface area (Å²) in [6, 6.07) is 0. The highest BCUT2D eigenvalue weighted by molar-refractivity contribution is 5.66. The van der Waals surface area contributed by atoms with Gasteiger partial charge < -0.3 is 14.6 Å². The van der Waals surface area contributed by atoms with Crippen molar-refractivity contribution in [1.29, 1.82) is 0 Å². The van der Waals surface area contributed by atoms with Crippen LogP contribution in [0.25, 0.3) is 0 Å². The van der Waals surface area contributed by atoms with E-state index in [2.05, 4.69) is 6.92 Å². The van der Waals surface area contributed by atoms with E-state index in [-0.39, 0.29) is 13.0 Å². The molecular formula is C15H30O4. The molecule has 114 valence electrons. The van der Waals surface area contributed by atoms with Gasteiger partial charge in [0.15, 0.2) is 0 Å². The molecule has 1 N–H and O–H groups in total. The van der Waals surface area contributed by atoms with Crippen LogP contribution in [0.15, 0.2) is 0 Å². The van der Waals surface area contributed by atoms with E-state index >= 15 is 0 Å². The van der Waals surface area contributed by atoms with E-state index in [1.54, 1.807) is 0 Å². The molecule has 4 nitrogen and oxygen atoms in total. The lowest BCUT2D eigenvalue weighted by Gasteiger charge is -2.05. The summed E-state index contributed by atoms with van der Waals surface area (Å²) in [6.45, 7) is 4.36. The Morgan fingerprint density at radius 2 is 1.32 bits per heavy atom. The molecule has 0 unspecified atom stereocenters. The molecule has 0 amide bonds. The first-order valence-electron chi connectivity index (χ1n) is 7.64. The number of hydrogen-bond acceptors (Lipinski definition) is 3. The second-order valence-electron chi connectivity index (χ2n) is 4.84.